The molecule has 0 spiro atoms. The number of nitrogens with zero attached hydrogens (tertiary/aromatic N) is 3. The molecule has 0 aliphatic carbocycles. The second-order valence-corrected chi connectivity index (χ2v) is 7.56. The summed E-state index contributed by atoms with van der Waals surface area (Å²) in [5, 5.41) is 0. The fourth-order valence-electron chi connectivity index (χ4n) is 3.95. The zero-order chi connectivity index (χ0) is 21.1. The van der Waals surface area contributed by atoms with E-state index in [1.807, 2.05) is 17.0 Å². The molecule has 3 amide bonds. The molecule has 7 nitrogen and oxygen atoms in total. The predicted molar refractivity (Wildman–Crippen MR) is 111 cm³/mol. The van der Waals surface area contributed by atoms with Gasteiger partial charge in [-0.3, -0.25) is 24.2 Å². The van der Waals surface area contributed by atoms with Crippen molar-refractivity contribution in [2.45, 2.75) is 13.0 Å². The average molecular weight is 407 g/mol. The minimum Gasteiger partial charge on any atom is -0.497 e. The van der Waals surface area contributed by atoms with E-state index >= 15 is 0 Å². The standard InChI is InChI=1S/C23H25N3O4/c1-30-18-8-6-17(7-9-18)16-24-12-14-25(15-13-24)21(27)10-11-26-22(28)19-4-2-3-5-20(19)23(26)29/h2-9H,10-16H2,1H3. The van der Waals surface area contributed by atoms with E-state index in [0.29, 0.717) is 24.2 Å². The van der Waals surface area contributed by atoms with Crippen molar-refractivity contribution in [2.24, 2.45) is 0 Å². The average Bonchev–Trinajstić information content (AvgIpc) is 3.03. The first-order valence-electron chi connectivity index (χ1n) is 10.1. The predicted octanol–water partition coefficient (Wildman–Crippen LogP) is 2.03. The van der Waals surface area contributed by atoms with Gasteiger partial charge in [-0.25, -0.2) is 0 Å². The lowest BCUT2D eigenvalue weighted by Gasteiger charge is -2.35. The Hall–Kier alpha value is -3.19. The quantitative estimate of drug-likeness (QED) is 0.686. The number of fused-ring (bicyclic) bond motifs is 1. The van der Waals surface area contributed by atoms with E-state index in [2.05, 4.69) is 17.0 Å². The molecule has 0 saturated carbocycles. The lowest BCUT2D eigenvalue weighted by Crippen LogP contribution is -2.49. The first-order chi connectivity index (χ1) is 14.6. The van der Waals surface area contributed by atoms with Crippen molar-refractivity contribution < 1.29 is 19.1 Å². The monoisotopic (exact) mass is 407 g/mol. The molecule has 2 aromatic carbocycles. The maximum atomic E-state index is 12.6. The third kappa shape index (κ3) is 4.07. The zero-order valence-corrected chi connectivity index (χ0v) is 17.0. The molecule has 0 unspecified atom stereocenters. The Morgan fingerprint density at radius 2 is 1.50 bits per heavy atom. The first kappa shape index (κ1) is 20.1. The van der Waals surface area contributed by atoms with E-state index in [0.717, 1.165) is 25.4 Å². The van der Waals surface area contributed by atoms with Gasteiger partial charge in [-0.1, -0.05) is 24.3 Å². The smallest absolute Gasteiger partial charge is 0.261 e. The lowest BCUT2D eigenvalue weighted by molar-refractivity contribution is -0.133. The molecule has 0 N–H and O–H groups in total. The molecule has 0 atom stereocenters. The number of amides is 3. The van der Waals surface area contributed by atoms with E-state index in [4.69, 9.17) is 4.74 Å². The van der Waals surface area contributed by atoms with Gasteiger partial charge in [0.25, 0.3) is 11.8 Å². The van der Waals surface area contributed by atoms with E-state index in [1.54, 1.807) is 31.4 Å². The Kier molecular flexibility index (Phi) is 5.81. The Morgan fingerprint density at radius 1 is 0.900 bits per heavy atom. The Morgan fingerprint density at radius 3 is 2.07 bits per heavy atom. The number of imide groups is 1. The SMILES string of the molecule is COc1ccc(CN2CCN(C(=O)CCN3C(=O)c4ccccc4C3=O)CC2)cc1. The van der Waals surface area contributed by atoms with Gasteiger partial charge in [-0.05, 0) is 29.8 Å². The van der Waals surface area contributed by atoms with Crippen LogP contribution in [-0.2, 0) is 11.3 Å². The van der Waals surface area contributed by atoms with E-state index in [-0.39, 0.29) is 30.7 Å². The van der Waals surface area contributed by atoms with Crippen LogP contribution < -0.4 is 4.74 Å². The van der Waals surface area contributed by atoms with Gasteiger partial charge in [0.1, 0.15) is 5.75 Å². The van der Waals surface area contributed by atoms with Gasteiger partial charge in [0, 0.05) is 45.7 Å². The molecular weight excluding hydrogens is 382 g/mol. The van der Waals surface area contributed by atoms with Crippen molar-refractivity contribution in [1.29, 1.82) is 0 Å². The highest BCUT2D eigenvalue weighted by Crippen LogP contribution is 2.22. The molecule has 1 fully saturated rings. The van der Waals surface area contributed by atoms with Crippen molar-refractivity contribution in [3.05, 3.63) is 65.2 Å². The number of hydrogen-bond acceptors (Lipinski definition) is 5. The number of carbonyl (C=O) groups is 3. The van der Waals surface area contributed by atoms with Crippen LogP contribution in [0.3, 0.4) is 0 Å². The maximum Gasteiger partial charge on any atom is 0.261 e. The van der Waals surface area contributed by atoms with Crippen LogP contribution in [0.5, 0.6) is 5.75 Å². The molecule has 2 aliphatic rings. The van der Waals surface area contributed by atoms with E-state index < -0.39 is 0 Å². The molecule has 1 saturated heterocycles. The van der Waals surface area contributed by atoms with E-state index in [1.165, 1.54) is 10.5 Å². The summed E-state index contributed by atoms with van der Waals surface area (Å²) in [7, 11) is 1.65. The summed E-state index contributed by atoms with van der Waals surface area (Å²) in [5.41, 5.74) is 2.05. The molecule has 30 heavy (non-hydrogen) atoms. The Bertz CT molecular complexity index is 914. The summed E-state index contributed by atoms with van der Waals surface area (Å²) in [4.78, 5) is 42.8. The molecule has 2 aromatic rings. The fourth-order valence-corrected chi connectivity index (χ4v) is 3.95. The number of ether oxygens (including phenoxy) is 1. The first-order valence-corrected chi connectivity index (χ1v) is 10.1. The molecule has 7 heteroatoms. The molecule has 2 aliphatic heterocycles. The van der Waals surface area contributed by atoms with Crippen LogP contribution in [-0.4, -0.2) is 72.3 Å². The summed E-state index contributed by atoms with van der Waals surface area (Å²) in [5.74, 6) is 0.198. The van der Waals surface area contributed by atoms with Gasteiger partial charge < -0.3 is 9.64 Å². The number of benzene rings is 2. The van der Waals surface area contributed by atoms with E-state index in [9.17, 15) is 14.4 Å². The highest BCUT2D eigenvalue weighted by atomic mass is 16.5. The van der Waals surface area contributed by atoms with Gasteiger partial charge in [-0.2, -0.15) is 0 Å². The second-order valence-electron chi connectivity index (χ2n) is 7.56. The number of carbonyl (C=O) groups excluding carboxylic acids is 3. The van der Waals surface area contributed by atoms with Crippen molar-refractivity contribution in [2.75, 3.05) is 39.8 Å². The molecule has 0 bridgehead atoms. The maximum absolute atomic E-state index is 12.6. The summed E-state index contributed by atoms with van der Waals surface area (Å²) < 4.78 is 5.19. The van der Waals surface area contributed by atoms with Crippen molar-refractivity contribution in [3.63, 3.8) is 0 Å². The van der Waals surface area contributed by atoms with Gasteiger partial charge in [-0.15, -0.1) is 0 Å². The third-order valence-electron chi connectivity index (χ3n) is 5.72. The van der Waals surface area contributed by atoms with Gasteiger partial charge in [0.2, 0.25) is 5.91 Å². The van der Waals surface area contributed by atoms with Gasteiger partial charge in [0.05, 0.1) is 18.2 Å². The van der Waals surface area contributed by atoms with Gasteiger partial charge >= 0.3 is 0 Å². The Labute approximate surface area is 175 Å². The summed E-state index contributed by atoms with van der Waals surface area (Å²) in [6.07, 6.45) is 0.157. The molecule has 0 aromatic heterocycles. The molecule has 0 radical (unpaired) electrons. The number of hydrogen-bond donors (Lipinski definition) is 0. The van der Waals surface area contributed by atoms with Crippen molar-refractivity contribution in [1.82, 2.24) is 14.7 Å². The number of rotatable bonds is 6. The minimum atomic E-state index is -0.312. The fraction of sp³-hybridized carbons (Fsp3) is 0.348. The largest absolute Gasteiger partial charge is 0.497 e. The lowest BCUT2D eigenvalue weighted by atomic mass is 10.1. The summed E-state index contributed by atoms with van der Waals surface area (Å²) in [6, 6.07) is 14.8. The van der Waals surface area contributed by atoms with Gasteiger partial charge in [0.15, 0.2) is 0 Å². The highest BCUT2D eigenvalue weighted by molar-refractivity contribution is 6.21. The van der Waals surface area contributed by atoms with Crippen LogP contribution in [0.15, 0.2) is 48.5 Å². The normalized spacial score (nSPS) is 16.7. The van der Waals surface area contributed by atoms with Crippen LogP contribution in [0, 0.1) is 0 Å². The minimum absolute atomic E-state index is 0.0179. The summed E-state index contributed by atoms with van der Waals surface area (Å²) >= 11 is 0. The van der Waals surface area contributed by atoms with Crippen molar-refractivity contribution in [3.8, 4) is 5.75 Å². The van der Waals surface area contributed by atoms with Crippen molar-refractivity contribution >= 4 is 17.7 Å². The second kappa shape index (κ2) is 8.67. The topological polar surface area (TPSA) is 70.2 Å². The molecular formula is C23H25N3O4. The number of piperazine rings is 1. The Balaban J connectivity index is 1.25. The van der Waals surface area contributed by atoms with Crippen LogP contribution in [0.25, 0.3) is 0 Å². The van der Waals surface area contributed by atoms with Crippen LogP contribution >= 0.6 is 0 Å². The third-order valence-corrected chi connectivity index (χ3v) is 5.72. The van der Waals surface area contributed by atoms with Crippen LogP contribution in [0.1, 0.15) is 32.7 Å². The number of methoxy groups -OCH3 is 1. The molecule has 4 rings (SSSR count). The molecule has 156 valence electrons. The zero-order valence-electron chi connectivity index (χ0n) is 17.0. The summed E-state index contributed by atoms with van der Waals surface area (Å²) in [6.45, 7) is 3.85. The molecule has 2 heterocycles. The van der Waals surface area contributed by atoms with Crippen LogP contribution in [0.2, 0.25) is 0 Å². The highest BCUT2D eigenvalue weighted by Gasteiger charge is 2.35. The van der Waals surface area contributed by atoms with Crippen LogP contribution in [0.4, 0.5) is 0 Å².